The predicted octanol–water partition coefficient (Wildman–Crippen LogP) is 6.58. The number of anilines is 1. The van der Waals surface area contributed by atoms with E-state index in [1.807, 2.05) is 75.4 Å². The van der Waals surface area contributed by atoms with Gasteiger partial charge in [-0.25, -0.2) is 8.42 Å². The normalized spacial score (nSPS) is 11.9. The summed E-state index contributed by atoms with van der Waals surface area (Å²) in [4.78, 5) is 29.4. The van der Waals surface area contributed by atoms with Crippen LogP contribution in [-0.2, 0) is 32.6 Å². The van der Waals surface area contributed by atoms with Crippen molar-refractivity contribution in [3.05, 3.63) is 129 Å². The highest BCUT2D eigenvalue weighted by Crippen LogP contribution is 2.30. The fourth-order valence-electron chi connectivity index (χ4n) is 4.79. The van der Waals surface area contributed by atoms with Crippen LogP contribution >= 0.6 is 23.2 Å². The van der Waals surface area contributed by atoms with E-state index in [9.17, 15) is 18.0 Å². The van der Waals surface area contributed by atoms with E-state index < -0.39 is 28.5 Å². The molecule has 0 aliphatic heterocycles. The molecular formula is C34H35Cl2N3O4S. The lowest BCUT2D eigenvalue weighted by atomic mass is 10.0. The third kappa shape index (κ3) is 8.40. The van der Waals surface area contributed by atoms with Gasteiger partial charge in [0.05, 0.1) is 10.6 Å². The Bertz CT molecular complexity index is 1680. The minimum atomic E-state index is -4.26. The minimum absolute atomic E-state index is 0.00152. The van der Waals surface area contributed by atoms with Crippen LogP contribution in [0.3, 0.4) is 0 Å². The van der Waals surface area contributed by atoms with E-state index in [1.54, 1.807) is 12.1 Å². The van der Waals surface area contributed by atoms with E-state index in [4.69, 9.17) is 23.2 Å². The molecule has 1 atom stereocenters. The maximum Gasteiger partial charge on any atom is 0.264 e. The second kappa shape index (κ2) is 14.8. The van der Waals surface area contributed by atoms with Crippen molar-refractivity contribution in [1.29, 1.82) is 0 Å². The summed E-state index contributed by atoms with van der Waals surface area (Å²) >= 11 is 12.6. The van der Waals surface area contributed by atoms with Crippen molar-refractivity contribution in [2.45, 2.75) is 44.7 Å². The Hall–Kier alpha value is -3.85. The van der Waals surface area contributed by atoms with Crippen LogP contribution in [0.2, 0.25) is 10.0 Å². The molecule has 0 saturated heterocycles. The molecule has 230 valence electrons. The van der Waals surface area contributed by atoms with Crippen LogP contribution in [0.5, 0.6) is 0 Å². The molecule has 0 aliphatic carbocycles. The first-order chi connectivity index (χ1) is 21.0. The predicted molar refractivity (Wildman–Crippen MR) is 177 cm³/mol. The molecule has 0 saturated carbocycles. The highest BCUT2D eigenvalue weighted by Gasteiger charge is 2.34. The Balaban J connectivity index is 1.81. The quantitative estimate of drug-likeness (QED) is 0.187. The molecule has 0 radical (unpaired) electrons. The fraction of sp³-hybridized carbons (Fsp3) is 0.235. The van der Waals surface area contributed by atoms with Gasteiger partial charge in [0.15, 0.2) is 0 Å². The minimum Gasteiger partial charge on any atom is -0.355 e. The lowest BCUT2D eigenvalue weighted by molar-refractivity contribution is -0.140. The number of halogens is 2. The van der Waals surface area contributed by atoms with E-state index in [0.29, 0.717) is 6.54 Å². The topological polar surface area (TPSA) is 86.8 Å². The maximum absolute atomic E-state index is 14.4. The molecule has 0 unspecified atom stereocenters. The summed E-state index contributed by atoms with van der Waals surface area (Å²) < 4.78 is 29.2. The van der Waals surface area contributed by atoms with Crippen molar-refractivity contribution in [2.75, 3.05) is 17.4 Å². The smallest absolute Gasteiger partial charge is 0.264 e. The van der Waals surface area contributed by atoms with Crippen LogP contribution in [0.25, 0.3) is 0 Å². The van der Waals surface area contributed by atoms with Gasteiger partial charge in [0, 0.05) is 29.6 Å². The zero-order valence-electron chi connectivity index (χ0n) is 24.8. The summed E-state index contributed by atoms with van der Waals surface area (Å²) in [5.41, 5.74) is 3.71. The van der Waals surface area contributed by atoms with Gasteiger partial charge in [-0.1, -0.05) is 101 Å². The number of likely N-dealkylation sites (N-methyl/N-ethyl adjacent to an activating group) is 1. The molecular weight excluding hydrogens is 617 g/mol. The molecule has 0 aliphatic rings. The number of nitrogens with one attached hydrogen (secondary N) is 1. The zero-order valence-corrected chi connectivity index (χ0v) is 27.2. The number of carbonyl (C=O) groups excluding carboxylic acids is 2. The summed E-state index contributed by atoms with van der Waals surface area (Å²) in [6, 6.07) is 26.9. The average molecular weight is 653 g/mol. The van der Waals surface area contributed by atoms with Gasteiger partial charge in [-0.2, -0.15) is 0 Å². The molecule has 2 amide bonds. The fourth-order valence-corrected chi connectivity index (χ4v) is 6.70. The molecule has 4 aromatic carbocycles. The number of sulfonamides is 1. The number of rotatable bonds is 12. The van der Waals surface area contributed by atoms with Gasteiger partial charge in [-0.3, -0.25) is 13.9 Å². The SMILES string of the molecule is CCNC(=O)[C@H](Cc1ccccc1)N(Cc1ccc(C)cc1)C(=O)CN(c1cc(Cl)cc(Cl)c1)S(=O)(=O)c1ccc(C)cc1. The van der Waals surface area contributed by atoms with Crippen molar-refractivity contribution in [3.63, 3.8) is 0 Å². The molecule has 0 spiro atoms. The van der Waals surface area contributed by atoms with Crippen molar-refractivity contribution < 1.29 is 18.0 Å². The number of hydrogen-bond acceptors (Lipinski definition) is 4. The third-order valence-electron chi connectivity index (χ3n) is 7.12. The zero-order chi connectivity index (χ0) is 31.9. The van der Waals surface area contributed by atoms with Crippen LogP contribution in [0.1, 0.15) is 29.2 Å². The first-order valence-electron chi connectivity index (χ1n) is 14.2. The highest BCUT2D eigenvalue weighted by molar-refractivity contribution is 7.92. The summed E-state index contributed by atoms with van der Waals surface area (Å²) in [5, 5.41) is 3.28. The Labute approximate surface area is 269 Å². The second-order valence-electron chi connectivity index (χ2n) is 10.6. The van der Waals surface area contributed by atoms with Gasteiger partial charge >= 0.3 is 0 Å². The molecule has 4 aromatic rings. The number of hydrogen-bond donors (Lipinski definition) is 1. The second-order valence-corrected chi connectivity index (χ2v) is 13.3. The van der Waals surface area contributed by atoms with Crippen molar-refractivity contribution in [2.24, 2.45) is 0 Å². The summed E-state index contributed by atoms with van der Waals surface area (Å²) in [6.45, 7) is 5.48. The van der Waals surface area contributed by atoms with Gasteiger partial charge in [0.2, 0.25) is 11.8 Å². The number of amides is 2. The average Bonchev–Trinajstić information content (AvgIpc) is 2.98. The van der Waals surface area contributed by atoms with E-state index in [-0.39, 0.29) is 39.5 Å². The maximum atomic E-state index is 14.4. The van der Waals surface area contributed by atoms with E-state index in [0.717, 1.165) is 26.6 Å². The molecule has 4 rings (SSSR count). The number of benzene rings is 4. The van der Waals surface area contributed by atoms with Crippen molar-refractivity contribution >= 4 is 50.7 Å². The highest BCUT2D eigenvalue weighted by atomic mass is 35.5. The Kier molecular flexibility index (Phi) is 11.1. The third-order valence-corrected chi connectivity index (χ3v) is 9.34. The summed E-state index contributed by atoms with van der Waals surface area (Å²) in [6.07, 6.45) is 0.234. The standard InChI is InChI=1S/C34H35Cl2N3O4S/c1-4-37-34(41)32(18-26-8-6-5-7-9-26)38(22-27-14-10-24(2)11-15-27)33(40)23-39(30-20-28(35)19-29(36)21-30)44(42,43)31-16-12-25(3)13-17-31/h5-17,19-21,32H,4,18,22-23H2,1-3H3,(H,37,41)/t32-/m0/s1. The van der Waals surface area contributed by atoms with Gasteiger partial charge < -0.3 is 10.2 Å². The number of carbonyl (C=O) groups is 2. The van der Waals surface area contributed by atoms with Crippen molar-refractivity contribution in [1.82, 2.24) is 10.2 Å². The van der Waals surface area contributed by atoms with E-state index in [1.165, 1.54) is 35.2 Å². The Morgan fingerprint density at radius 2 is 1.36 bits per heavy atom. The number of nitrogens with zero attached hydrogens (tertiary/aromatic N) is 2. The van der Waals surface area contributed by atoms with Crippen LogP contribution in [-0.4, -0.2) is 44.3 Å². The molecule has 0 bridgehead atoms. The van der Waals surface area contributed by atoms with Crippen LogP contribution in [0.4, 0.5) is 5.69 Å². The van der Waals surface area contributed by atoms with Gasteiger partial charge in [-0.15, -0.1) is 0 Å². The largest absolute Gasteiger partial charge is 0.355 e. The molecule has 44 heavy (non-hydrogen) atoms. The van der Waals surface area contributed by atoms with E-state index in [2.05, 4.69) is 5.32 Å². The van der Waals surface area contributed by atoms with Crippen LogP contribution in [0.15, 0.2) is 102 Å². The van der Waals surface area contributed by atoms with Crippen LogP contribution < -0.4 is 9.62 Å². The summed E-state index contributed by atoms with van der Waals surface area (Å²) in [5.74, 6) is -0.903. The van der Waals surface area contributed by atoms with Gasteiger partial charge in [0.25, 0.3) is 10.0 Å². The van der Waals surface area contributed by atoms with Crippen molar-refractivity contribution in [3.8, 4) is 0 Å². The summed E-state index contributed by atoms with van der Waals surface area (Å²) in [7, 11) is -4.26. The monoisotopic (exact) mass is 651 g/mol. The molecule has 7 nitrogen and oxygen atoms in total. The molecule has 0 heterocycles. The molecule has 0 fully saturated rings. The first kappa shape index (κ1) is 33.1. The lowest BCUT2D eigenvalue weighted by Gasteiger charge is -2.34. The molecule has 1 N–H and O–H groups in total. The molecule has 10 heteroatoms. The van der Waals surface area contributed by atoms with E-state index >= 15 is 0 Å². The number of aryl methyl sites for hydroxylation is 2. The Morgan fingerprint density at radius 1 is 0.795 bits per heavy atom. The first-order valence-corrected chi connectivity index (χ1v) is 16.4. The van der Waals surface area contributed by atoms with Crippen LogP contribution in [0, 0.1) is 13.8 Å². The van der Waals surface area contributed by atoms with Gasteiger partial charge in [0.1, 0.15) is 12.6 Å². The lowest BCUT2D eigenvalue weighted by Crippen LogP contribution is -2.53. The van der Waals surface area contributed by atoms with Gasteiger partial charge in [-0.05, 0) is 62.2 Å². The Morgan fingerprint density at radius 3 is 1.93 bits per heavy atom. The molecule has 0 aromatic heterocycles.